The molecule has 0 radical (unpaired) electrons. The fraction of sp³-hybridized carbons (Fsp3) is 0.182. The van der Waals surface area contributed by atoms with Crippen LogP contribution in [-0.4, -0.2) is 17.1 Å². The van der Waals surface area contributed by atoms with Gasteiger partial charge >= 0.3 is 5.97 Å². The molecular weight excluding hydrogens is 178 g/mol. The van der Waals surface area contributed by atoms with Crippen LogP contribution in [0.4, 0.5) is 0 Å². The third-order valence-electron chi connectivity index (χ3n) is 1.98. The van der Waals surface area contributed by atoms with Gasteiger partial charge in [0.2, 0.25) is 0 Å². The summed E-state index contributed by atoms with van der Waals surface area (Å²) in [5.74, 6) is 0.732. The molecule has 1 rings (SSSR count). The summed E-state index contributed by atoms with van der Waals surface area (Å²) in [4.78, 5) is 10.7. The molecule has 0 saturated heterocycles. The monoisotopic (exact) mass is 189 g/mol. The van der Waals surface area contributed by atoms with Crippen molar-refractivity contribution >= 4 is 5.97 Å². The van der Waals surface area contributed by atoms with Crippen LogP contribution in [0.5, 0.6) is 0 Å². The summed E-state index contributed by atoms with van der Waals surface area (Å²) in [6.07, 6.45) is 5.25. The van der Waals surface area contributed by atoms with Gasteiger partial charge in [-0.1, -0.05) is 36.3 Å². The van der Waals surface area contributed by atoms with Gasteiger partial charge in [0.1, 0.15) is 6.04 Å². The topological polar surface area (TPSA) is 63.3 Å². The van der Waals surface area contributed by atoms with Gasteiger partial charge in [-0.2, -0.15) is 0 Å². The first-order valence-corrected chi connectivity index (χ1v) is 4.16. The van der Waals surface area contributed by atoms with E-state index in [4.69, 9.17) is 17.3 Å². The van der Waals surface area contributed by atoms with Crippen molar-refractivity contribution < 1.29 is 9.90 Å². The maximum atomic E-state index is 10.7. The van der Waals surface area contributed by atoms with Crippen LogP contribution in [0.25, 0.3) is 0 Å². The second kappa shape index (κ2) is 4.45. The number of benzene rings is 1. The van der Waals surface area contributed by atoms with Crippen molar-refractivity contribution in [2.24, 2.45) is 5.73 Å². The van der Waals surface area contributed by atoms with Gasteiger partial charge in [-0.25, -0.2) is 0 Å². The minimum Gasteiger partial charge on any atom is -0.480 e. The predicted molar refractivity (Wildman–Crippen MR) is 53.6 cm³/mol. The highest BCUT2D eigenvalue weighted by Gasteiger charge is 2.23. The lowest BCUT2D eigenvalue weighted by Gasteiger charge is -2.14. The summed E-state index contributed by atoms with van der Waals surface area (Å²) in [7, 11) is 0. The Morgan fingerprint density at radius 1 is 1.43 bits per heavy atom. The molecule has 0 fully saturated rings. The molecular formula is C11H11NO2. The Kier molecular flexibility index (Phi) is 3.27. The van der Waals surface area contributed by atoms with E-state index in [0.29, 0.717) is 0 Å². The Bertz CT molecular complexity index is 353. The largest absolute Gasteiger partial charge is 0.480 e. The lowest BCUT2D eigenvalue weighted by molar-refractivity contribution is -0.138. The molecule has 0 unspecified atom stereocenters. The molecule has 1 aromatic carbocycles. The maximum absolute atomic E-state index is 10.7. The Morgan fingerprint density at radius 3 is 2.43 bits per heavy atom. The van der Waals surface area contributed by atoms with E-state index in [1.165, 1.54) is 0 Å². The number of rotatable bonds is 3. The molecule has 0 aliphatic rings. The number of aliphatic carboxylic acids is 1. The zero-order valence-electron chi connectivity index (χ0n) is 7.55. The highest BCUT2D eigenvalue weighted by molar-refractivity contribution is 5.75. The smallest absolute Gasteiger partial charge is 0.322 e. The van der Waals surface area contributed by atoms with Crippen LogP contribution >= 0.6 is 0 Å². The molecule has 3 nitrogen and oxygen atoms in total. The first-order chi connectivity index (χ1) is 6.66. The van der Waals surface area contributed by atoms with Crippen LogP contribution < -0.4 is 5.73 Å². The van der Waals surface area contributed by atoms with Crippen LogP contribution in [0.2, 0.25) is 0 Å². The average Bonchev–Trinajstić information content (AvgIpc) is 2.20. The van der Waals surface area contributed by atoms with Gasteiger partial charge in [0, 0.05) is 0 Å². The van der Waals surface area contributed by atoms with Crippen molar-refractivity contribution in [3.63, 3.8) is 0 Å². The van der Waals surface area contributed by atoms with Crippen molar-refractivity contribution in [2.75, 3.05) is 0 Å². The third kappa shape index (κ3) is 2.12. The summed E-state index contributed by atoms with van der Waals surface area (Å²) >= 11 is 0. The molecule has 0 bridgehead atoms. The van der Waals surface area contributed by atoms with Crippen molar-refractivity contribution in [1.82, 2.24) is 0 Å². The summed E-state index contributed by atoms with van der Waals surface area (Å²) in [5, 5.41) is 8.72. The van der Waals surface area contributed by atoms with Crippen LogP contribution in [0.1, 0.15) is 11.5 Å². The Balaban J connectivity index is 2.95. The number of hydrogen-bond acceptors (Lipinski definition) is 2. The van der Waals surface area contributed by atoms with Crippen LogP contribution in [0, 0.1) is 12.3 Å². The van der Waals surface area contributed by atoms with E-state index in [9.17, 15) is 4.79 Å². The second-order valence-electron chi connectivity index (χ2n) is 2.92. The summed E-state index contributed by atoms with van der Waals surface area (Å²) in [5.41, 5.74) is 6.22. The van der Waals surface area contributed by atoms with Crippen LogP contribution in [0.3, 0.4) is 0 Å². The maximum Gasteiger partial charge on any atom is 0.322 e. The van der Waals surface area contributed by atoms with Gasteiger partial charge in [0.15, 0.2) is 0 Å². The van der Waals surface area contributed by atoms with Gasteiger partial charge in [0.05, 0.1) is 5.92 Å². The fourth-order valence-electron chi connectivity index (χ4n) is 1.21. The zero-order chi connectivity index (χ0) is 10.6. The van der Waals surface area contributed by atoms with Crippen molar-refractivity contribution in [2.45, 2.75) is 12.0 Å². The van der Waals surface area contributed by atoms with E-state index >= 15 is 0 Å². The number of hydrogen-bond donors (Lipinski definition) is 2. The van der Waals surface area contributed by atoms with Gasteiger partial charge in [0.25, 0.3) is 0 Å². The molecule has 0 aliphatic carbocycles. The SMILES string of the molecule is C#C[C@H](c1ccccc1)[C@H](N)C(=O)O. The lowest BCUT2D eigenvalue weighted by atomic mass is 9.93. The average molecular weight is 189 g/mol. The van der Waals surface area contributed by atoms with Crippen LogP contribution in [0.15, 0.2) is 30.3 Å². The van der Waals surface area contributed by atoms with E-state index in [2.05, 4.69) is 5.92 Å². The Morgan fingerprint density at radius 2 is 2.00 bits per heavy atom. The van der Waals surface area contributed by atoms with Crippen molar-refractivity contribution in [3.8, 4) is 12.3 Å². The minimum absolute atomic E-state index is 0.575. The second-order valence-corrected chi connectivity index (χ2v) is 2.92. The van der Waals surface area contributed by atoms with E-state index < -0.39 is 17.9 Å². The fourth-order valence-corrected chi connectivity index (χ4v) is 1.21. The summed E-state index contributed by atoms with van der Waals surface area (Å²) in [6.45, 7) is 0. The van der Waals surface area contributed by atoms with E-state index in [0.717, 1.165) is 5.56 Å². The molecule has 0 saturated carbocycles. The highest BCUT2D eigenvalue weighted by Crippen LogP contribution is 2.17. The first kappa shape index (κ1) is 10.3. The quantitative estimate of drug-likeness (QED) is 0.692. The number of terminal acetylenes is 1. The first-order valence-electron chi connectivity index (χ1n) is 4.16. The van der Waals surface area contributed by atoms with Crippen molar-refractivity contribution in [3.05, 3.63) is 35.9 Å². The number of carboxylic acids is 1. The number of carboxylic acid groups (broad SMARTS) is 1. The minimum atomic E-state index is -1.09. The molecule has 0 amide bonds. The van der Waals surface area contributed by atoms with E-state index in [1.54, 1.807) is 24.3 Å². The zero-order valence-corrected chi connectivity index (χ0v) is 7.55. The molecule has 0 heterocycles. The molecule has 0 aromatic heterocycles. The van der Waals surface area contributed by atoms with Crippen LogP contribution in [-0.2, 0) is 4.79 Å². The molecule has 1 aromatic rings. The molecule has 3 heteroatoms. The van der Waals surface area contributed by atoms with Gasteiger partial charge < -0.3 is 10.8 Å². The van der Waals surface area contributed by atoms with Gasteiger partial charge in [-0.15, -0.1) is 6.42 Å². The lowest BCUT2D eigenvalue weighted by Crippen LogP contribution is -2.35. The molecule has 0 spiro atoms. The van der Waals surface area contributed by atoms with Crippen molar-refractivity contribution in [1.29, 1.82) is 0 Å². The summed E-state index contributed by atoms with van der Waals surface area (Å²) in [6, 6.07) is 7.93. The Labute approximate surface area is 82.6 Å². The standard InChI is InChI=1S/C11H11NO2/c1-2-9(10(12)11(13)14)8-6-4-3-5-7-8/h1,3-7,9-10H,12H2,(H,13,14)/t9-,10+/m1/s1. The molecule has 2 atom stereocenters. The molecule has 0 aliphatic heterocycles. The van der Waals surface area contributed by atoms with E-state index in [1.807, 2.05) is 6.07 Å². The highest BCUT2D eigenvalue weighted by atomic mass is 16.4. The van der Waals surface area contributed by atoms with Gasteiger partial charge in [-0.3, -0.25) is 4.79 Å². The molecule has 3 N–H and O–H groups in total. The van der Waals surface area contributed by atoms with E-state index in [-0.39, 0.29) is 0 Å². The molecule has 72 valence electrons. The van der Waals surface area contributed by atoms with Gasteiger partial charge in [-0.05, 0) is 5.56 Å². The Hall–Kier alpha value is -1.79. The molecule has 14 heavy (non-hydrogen) atoms. The third-order valence-corrected chi connectivity index (χ3v) is 1.98. The predicted octanol–water partition coefficient (Wildman–Crippen LogP) is 0.815. The number of nitrogens with two attached hydrogens (primary N) is 1. The normalized spacial score (nSPS) is 14.0. The summed E-state index contributed by atoms with van der Waals surface area (Å²) < 4.78 is 0. The number of carbonyl (C=O) groups is 1.